The Morgan fingerprint density at radius 1 is 1.27 bits per heavy atom. The van der Waals surface area contributed by atoms with E-state index >= 15 is 0 Å². The third kappa shape index (κ3) is 10.0. The van der Waals surface area contributed by atoms with Crippen molar-refractivity contribution in [3.05, 3.63) is 0 Å². The molecule has 0 heterocycles. The lowest BCUT2D eigenvalue weighted by atomic mass is 10.1. The van der Waals surface area contributed by atoms with Gasteiger partial charge < -0.3 is 9.84 Å². The Balaban J connectivity index is 3.08. The molecule has 0 saturated carbocycles. The molecule has 0 aliphatic carbocycles. The number of carboxylic acids is 1. The highest BCUT2D eigenvalue weighted by atomic mass is 35.5. The van der Waals surface area contributed by atoms with E-state index in [0.29, 0.717) is 6.61 Å². The molecule has 0 radical (unpaired) electrons. The summed E-state index contributed by atoms with van der Waals surface area (Å²) < 4.78 is 5.15. The van der Waals surface area contributed by atoms with Crippen molar-refractivity contribution in [2.24, 2.45) is 0 Å². The fraction of sp³-hybridized carbons (Fsp3) is 0.909. The number of aliphatic carboxylic acids is 1. The third-order valence-electron chi connectivity index (χ3n) is 2.17. The van der Waals surface area contributed by atoms with Gasteiger partial charge in [0.15, 0.2) is 5.38 Å². The van der Waals surface area contributed by atoms with Crippen LogP contribution >= 0.6 is 11.6 Å². The van der Waals surface area contributed by atoms with Gasteiger partial charge in [-0.1, -0.05) is 39.0 Å². The first-order valence-corrected chi connectivity index (χ1v) is 6.06. The van der Waals surface area contributed by atoms with Gasteiger partial charge in [-0.25, -0.2) is 0 Å². The minimum absolute atomic E-state index is 0.103. The summed E-state index contributed by atoms with van der Waals surface area (Å²) in [6.45, 7) is 2.91. The molecule has 1 unspecified atom stereocenters. The van der Waals surface area contributed by atoms with Gasteiger partial charge in [0, 0.05) is 6.61 Å². The molecule has 0 aromatic rings. The second-order valence-electron chi connectivity index (χ2n) is 3.65. The number of halogens is 1. The van der Waals surface area contributed by atoms with Gasteiger partial charge in [0.1, 0.15) is 0 Å². The van der Waals surface area contributed by atoms with Crippen molar-refractivity contribution in [1.82, 2.24) is 0 Å². The highest BCUT2D eigenvalue weighted by molar-refractivity contribution is 6.29. The van der Waals surface area contributed by atoms with E-state index in [-0.39, 0.29) is 6.61 Å². The number of unbranched alkanes of at least 4 members (excludes halogenated alkanes) is 5. The Kier molecular flexibility index (Phi) is 10.1. The van der Waals surface area contributed by atoms with Crippen LogP contribution in [0, 0.1) is 0 Å². The lowest BCUT2D eigenvalue weighted by molar-refractivity contribution is -0.137. The number of hydrogen-bond donors (Lipinski definition) is 1. The van der Waals surface area contributed by atoms with Crippen molar-refractivity contribution in [2.75, 3.05) is 13.2 Å². The maximum atomic E-state index is 10.3. The molecule has 0 fully saturated rings. The van der Waals surface area contributed by atoms with Crippen LogP contribution in [0.3, 0.4) is 0 Å². The summed E-state index contributed by atoms with van der Waals surface area (Å²) in [5.74, 6) is -1.01. The normalized spacial score (nSPS) is 12.7. The molecule has 90 valence electrons. The number of rotatable bonds is 10. The van der Waals surface area contributed by atoms with Crippen molar-refractivity contribution in [3.8, 4) is 0 Å². The molecular weight excluding hydrogens is 216 g/mol. The van der Waals surface area contributed by atoms with Gasteiger partial charge in [0.2, 0.25) is 0 Å². The molecule has 0 aliphatic heterocycles. The third-order valence-corrected chi connectivity index (χ3v) is 2.49. The molecule has 0 spiro atoms. The average Bonchev–Trinajstić information content (AvgIpc) is 2.21. The molecule has 0 aromatic heterocycles. The van der Waals surface area contributed by atoms with Crippen molar-refractivity contribution in [1.29, 1.82) is 0 Å². The summed E-state index contributed by atoms with van der Waals surface area (Å²) in [6.07, 6.45) is 7.21. The largest absolute Gasteiger partial charge is 0.480 e. The molecule has 1 atom stereocenters. The highest BCUT2D eigenvalue weighted by Gasteiger charge is 2.12. The van der Waals surface area contributed by atoms with Gasteiger partial charge in [-0.05, 0) is 6.42 Å². The van der Waals surface area contributed by atoms with Crippen molar-refractivity contribution < 1.29 is 14.6 Å². The first-order chi connectivity index (χ1) is 7.18. The standard InChI is InChI=1S/C11H21ClO3/c1-2-3-4-5-6-7-8-15-9-10(12)11(13)14/h10H,2-9H2,1H3,(H,13,14). The second-order valence-corrected chi connectivity index (χ2v) is 4.18. The van der Waals surface area contributed by atoms with Crippen molar-refractivity contribution >= 4 is 17.6 Å². The zero-order chi connectivity index (χ0) is 11.5. The maximum absolute atomic E-state index is 10.3. The monoisotopic (exact) mass is 236 g/mol. The SMILES string of the molecule is CCCCCCCCOCC(Cl)C(=O)O. The summed E-state index contributed by atoms with van der Waals surface area (Å²) in [5, 5.41) is 7.56. The molecular formula is C11H21ClO3. The molecule has 4 heteroatoms. The quantitative estimate of drug-likeness (QED) is 0.469. The van der Waals surface area contributed by atoms with Gasteiger partial charge >= 0.3 is 5.97 Å². The van der Waals surface area contributed by atoms with E-state index < -0.39 is 11.3 Å². The van der Waals surface area contributed by atoms with E-state index in [1.807, 2.05) is 0 Å². The smallest absolute Gasteiger partial charge is 0.324 e. The van der Waals surface area contributed by atoms with Crippen LogP contribution in [-0.2, 0) is 9.53 Å². The van der Waals surface area contributed by atoms with Crippen LogP contribution in [0.25, 0.3) is 0 Å². The van der Waals surface area contributed by atoms with Gasteiger partial charge in [0.25, 0.3) is 0 Å². The first kappa shape index (κ1) is 14.7. The number of alkyl halides is 1. The number of carbonyl (C=O) groups is 1. The van der Waals surface area contributed by atoms with E-state index in [1.54, 1.807) is 0 Å². The Labute approximate surface area is 96.8 Å². The molecule has 1 N–H and O–H groups in total. The Morgan fingerprint density at radius 2 is 1.87 bits per heavy atom. The molecule has 0 aliphatic rings. The van der Waals surface area contributed by atoms with E-state index in [1.165, 1.54) is 25.7 Å². The van der Waals surface area contributed by atoms with Crippen LogP contribution in [-0.4, -0.2) is 29.7 Å². The van der Waals surface area contributed by atoms with Gasteiger partial charge in [-0.15, -0.1) is 11.6 Å². The zero-order valence-corrected chi connectivity index (χ0v) is 10.1. The van der Waals surface area contributed by atoms with Crippen LogP contribution in [0.15, 0.2) is 0 Å². The molecule has 0 aromatic carbocycles. The topological polar surface area (TPSA) is 46.5 Å². The lowest BCUT2D eigenvalue weighted by Gasteiger charge is -2.05. The first-order valence-electron chi connectivity index (χ1n) is 5.63. The van der Waals surface area contributed by atoms with Crippen LogP contribution < -0.4 is 0 Å². The molecule has 0 saturated heterocycles. The lowest BCUT2D eigenvalue weighted by Crippen LogP contribution is -2.19. The van der Waals surface area contributed by atoms with Crippen molar-refractivity contribution in [3.63, 3.8) is 0 Å². The Morgan fingerprint density at radius 3 is 2.47 bits per heavy atom. The number of ether oxygens (including phenoxy) is 1. The molecule has 0 bridgehead atoms. The Bertz CT molecular complexity index is 162. The van der Waals surface area contributed by atoms with Crippen LogP contribution in [0.2, 0.25) is 0 Å². The minimum atomic E-state index is -1.01. The van der Waals surface area contributed by atoms with Crippen LogP contribution in [0.1, 0.15) is 45.4 Å². The van der Waals surface area contributed by atoms with Gasteiger partial charge in [-0.2, -0.15) is 0 Å². The summed E-state index contributed by atoms with van der Waals surface area (Å²) in [4.78, 5) is 10.3. The summed E-state index contributed by atoms with van der Waals surface area (Å²) in [5.41, 5.74) is 0. The van der Waals surface area contributed by atoms with Gasteiger partial charge in [-0.3, -0.25) is 4.79 Å². The Hall–Kier alpha value is -0.280. The predicted molar refractivity (Wildman–Crippen MR) is 61.5 cm³/mol. The average molecular weight is 237 g/mol. The maximum Gasteiger partial charge on any atom is 0.324 e. The van der Waals surface area contributed by atoms with Crippen molar-refractivity contribution in [2.45, 2.75) is 50.8 Å². The molecule has 0 amide bonds. The zero-order valence-electron chi connectivity index (χ0n) is 9.38. The van der Waals surface area contributed by atoms with E-state index in [9.17, 15) is 4.79 Å². The molecule has 15 heavy (non-hydrogen) atoms. The predicted octanol–water partition coefficient (Wildman–Crippen LogP) is 3.06. The summed E-state index contributed by atoms with van der Waals surface area (Å²) in [7, 11) is 0. The second kappa shape index (κ2) is 10.2. The fourth-order valence-electron chi connectivity index (χ4n) is 1.24. The van der Waals surface area contributed by atoms with Gasteiger partial charge in [0.05, 0.1) is 6.61 Å². The van der Waals surface area contributed by atoms with E-state index in [2.05, 4.69) is 6.92 Å². The van der Waals surface area contributed by atoms with E-state index in [0.717, 1.165) is 12.8 Å². The summed E-state index contributed by atoms with van der Waals surface area (Å²) in [6, 6.07) is 0. The number of carboxylic acid groups (broad SMARTS) is 1. The fourth-order valence-corrected chi connectivity index (χ4v) is 1.33. The molecule has 3 nitrogen and oxygen atoms in total. The number of hydrogen-bond acceptors (Lipinski definition) is 2. The van der Waals surface area contributed by atoms with Crippen LogP contribution in [0.4, 0.5) is 0 Å². The van der Waals surface area contributed by atoms with E-state index in [4.69, 9.17) is 21.4 Å². The van der Waals surface area contributed by atoms with Crippen LogP contribution in [0.5, 0.6) is 0 Å². The molecule has 0 rings (SSSR count). The summed E-state index contributed by atoms with van der Waals surface area (Å²) >= 11 is 5.47. The minimum Gasteiger partial charge on any atom is -0.480 e. The highest BCUT2D eigenvalue weighted by Crippen LogP contribution is 2.05.